The highest BCUT2D eigenvalue weighted by atomic mass is 16.1. The zero-order chi connectivity index (χ0) is 17.8. The van der Waals surface area contributed by atoms with Crippen LogP contribution in [0.25, 0.3) is 21.9 Å². The molecule has 26 heavy (non-hydrogen) atoms. The number of carbonyl (C=O) groups excluding carboxylic acids is 1. The number of likely N-dealkylation sites (tertiary alicyclic amines) is 1. The Morgan fingerprint density at radius 1 is 1.00 bits per heavy atom. The summed E-state index contributed by atoms with van der Waals surface area (Å²) < 4.78 is 0. The fraction of sp³-hybridized carbons (Fsp3) is 0.286. The van der Waals surface area contributed by atoms with Gasteiger partial charge in [0.2, 0.25) is 0 Å². The molecule has 1 aliphatic heterocycles. The number of rotatable bonds is 5. The summed E-state index contributed by atoms with van der Waals surface area (Å²) in [6, 6.07) is 13.9. The molecule has 5 heteroatoms. The largest absolute Gasteiger partial charge is 0.351 e. The Hall–Kier alpha value is -2.79. The van der Waals surface area contributed by atoms with Crippen LogP contribution in [0.15, 0.2) is 54.9 Å². The second-order valence-electron chi connectivity index (χ2n) is 6.64. The van der Waals surface area contributed by atoms with Crippen molar-refractivity contribution in [3.8, 4) is 11.1 Å². The van der Waals surface area contributed by atoms with Crippen LogP contribution in [0.4, 0.5) is 0 Å². The molecular formula is C21H22N4O. The number of amides is 1. The molecule has 0 atom stereocenters. The maximum absolute atomic E-state index is 12.7. The lowest BCUT2D eigenvalue weighted by molar-refractivity contribution is 0.0951. The summed E-state index contributed by atoms with van der Waals surface area (Å²) >= 11 is 0. The van der Waals surface area contributed by atoms with E-state index < -0.39 is 0 Å². The highest BCUT2D eigenvalue weighted by Crippen LogP contribution is 2.29. The Kier molecular flexibility index (Phi) is 4.88. The topological polar surface area (TPSA) is 58.1 Å². The third kappa shape index (κ3) is 3.44. The van der Waals surface area contributed by atoms with E-state index in [0.29, 0.717) is 12.1 Å². The van der Waals surface area contributed by atoms with Crippen LogP contribution in [0, 0.1) is 0 Å². The normalized spacial score (nSPS) is 14.6. The molecular weight excluding hydrogens is 324 g/mol. The van der Waals surface area contributed by atoms with Crippen molar-refractivity contribution in [2.24, 2.45) is 0 Å². The van der Waals surface area contributed by atoms with Gasteiger partial charge in [0.05, 0.1) is 12.4 Å². The summed E-state index contributed by atoms with van der Waals surface area (Å²) in [6.07, 6.45) is 5.97. The molecule has 1 saturated heterocycles. The zero-order valence-electron chi connectivity index (χ0n) is 14.7. The Balaban J connectivity index is 1.58. The second kappa shape index (κ2) is 7.62. The molecule has 0 saturated carbocycles. The standard InChI is InChI=1S/C21H22N4O/c26-21(22-11-14-25-12-1-2-13-25)20-8-4-6-18-17(5-3-7-19(18)20)16-9-10-23-24-15-16/h3-10,15H,1-2,11-14H2,(H,22,26). The van der Waals surface area contributed by atoms with Crippen LogP contribution in [-0.4, -0.2) is 47.2 Å². The van der Waals surface area contributed by atoms with Crippen LogP contribution in [-0.2, 0) is 0 Å². The predicted molar refractivity (Wildman–Crippen MR) is 103 cm³/mol. The molecule has 1 amide bonds. The van der Waals surface area contributed by atoms with Crippen LogP contribution in [0.2, 0.25) is 0 Å². The van der Waals surface area contributed by atoms with Gasteiger partial charge in [-0.15, -0.1) is 0 Å². The van der Waals surface area contributed by atoms with Crippen molar-refractivity contribution in [2.75, 3.05) is 26.2 Å². The Bertz CT molecular complexity index is 904. The average molecular weight is 346 g/mol. The number of aromatic nitrogens is 2. The molecule has 2 aromatic carbocycles. The van der Waals surface area contributed by atoms with E-state index in [9.17, 15) is 4.79 Å². The Morgan fingerprint density at radius 3 is 2.62 bits per heavy atom. The number of nitrogens with one attached hydrogen (secondary N) is 1. The smallest absolute Gasteiger partial charge is 0.251 e. The number of carbonyl (C=O) groups is 1. The molecule has 0 unspecified atom stereocenters. The molecule has 0 spiro atoms. The summed E-state index contributed by atoms with van der Waals surface area (Å²) in [6.45, 7) is 3.90. The maximum Gasteiger partial charge on any atom is 0.251 e. The monoisotopic (exact) mass is 346 g/mol. The van der Waals surface area contributed by atoms with E-state index in [4.69, 9.17) is 0 Å². The maximum atomic E-state index is 12.7. The highest BCUT2D eigenvalue weighted by molar-refractivity contribution is 6.10. The summed E-state index contributed by atoms with van der Waals surface area (Å²) in [5, 5.41) is 12.9. The third-order valence-corrected chi connectivity index (χ3v) is 4.97. The fourth-order valence-electron chi connectivity index (χ4n) is 3.64. The molecule has 1 N–H and O–H groups in total. The van der Waals surface area contributed by atoms with Crippen molar-refractivity contribution >= 4 is 16.7 Å². The highest BCUT2D eigenvalue weighted by Gasteiger charge is 2.14. The fourth-order valence-corrected chi connectivity index (χ4v) is 3.64. The van der Waals surface area contributed by atoms with Crippen LogP contribution < -0.4 is 5.32 Å². The molecule has 132 valence electrons. The summed E-state index contributed by atoms with van der Waals surface area (Å²) in [5.41, 5.74) is 2.77. The van der Waals surface area contributed by atoms with E-state index in [1.165, 1.54) is 12.8 Å². The third-order valence-electron chi connectivity index (χ3n) is 4.97. The van der Waals surface area contributed by atoms with Gasteiger partial charge in [-0.1, -0.05) is 30.3 Å². The van der Waals surface area contributed by atoms with E-state index in [2.05, 4.69) is 26.5 Å². The number of hydrogen-bond donors (Lipinski definition) is 1. The van der Waals surface area contributed by atoms with E-state index in [1.54, 1.807) is 12.4 Å². The summed E-state index contributed by atoms with van der Waals surface area (Å²) in [4.78, 5) is 15.1. The Labute approximate surface area is 153 Å². The van der Waals surface area contributed by atoms with Gasteiger partial charge in [-0.2, -0.15) is 10.2 Å². The first-order chi connectivity index (χ1) is 12.8. The first-order valence-corrected chi connectivity index (χ1v) is 9.12. The van der Waals surface area contributed by atoms with Crippen molar-refractivity contribution in [2.45, 2.75) is 12.8 Å². The molecule has 1 fully saturated rings. The average Bonchev–Trinajstić information content (AvgIpc) is 3.21. The number of fused-ring (bicyclic) bond motifs is 1. The lowest BCUT2D eigenvalue weighted by Gasteiger charge is -2.15. The minimum atomic E-state index is -0.0141. The van der Waals surface area contributed by atoms with Crippen LogP contribution in [0.1, 0.15) is 23.2 Å². The summed E-state index contributed by atoms with van der Waals surface area (Å²) in [7, 11) is 0. The summed E-state index contributed by atoms with van der Waals surface area (Å²) in [5.74, 6) is -0.0141. The molecule has 4 rings (SSSR count). The van der Waals surface area contributed by atoms with Gasteiger partial charge in [0.25, 0.3) is 5.91 Å². The van der Waals surface area contributed by atoms with E-state index in [0.717, 1.165) is 41.5 Å². The van der Waals surface area contributed by atoms with Gasteiger partial charge in [-0.3, -0.25) is 4.79 Å². The number of hydrogen-bond acceptors (Lipinski definition) is 4. The quantitative estimate of drug-likeness (QED) is 0.771. The first-order valence-electron chi connectivity index (χ1n) is 9.12. The first kappa shape index (κ1) is 16.7. The van der Waals surface area contributed by atoms with Gasteiger partial charge < -0.3 is 10.2 Å². The van der Waals surface area contributed by atoms with E-state index in [-0.39, 0.29) is 5.91 Å². The van der Waals surface area contributed by atoms with E-state index >= 15 is 0 Å². The molecule has 1 aromatic heterocycles. The van der Waals surface area contributed by atoms with Crippen molar-refractivity contribution in [3.05, 3.63) is 60.4 Å². The lowest BCUT2D eigenvalue weighted by atomic mass is 9.96. The Morgan fingerprint density at radius 2 is 1.81 bits per heavy atom. The van der Waals surface area contributed by atoms with Crippen molar-refractivity contribution in [1.82, 2.24) is 20.4 Å². The van der Waals surface area contributed by atoms with Crippen LogP contribution in [0.3, 0.4) is 0 Å². The predicted octanol–water partition coefficient (Wildman–Crippen LogP) is 3.12. The lowest BCUT2D eigenvalue weighted by Crippen LogP contribution is -2.33. The second-order valence-corrected chi connectivity index (χ2v) is 6.64. The molecule has 2 heterocycles. The van der Waals surface area contributed by atoms with E-state index in [1.807, 2.05) is 36.4 Å². The van der Waals surface area contributed by atoms with Gasteiger partial charge >= 0.3 is 0 Å². The van der Waals surface area contributed by atoms with Gasteiger partial charge in [0.1, 0.15) is 0 Å². The van der Waals surface area contributed by atoms with Gasteiger partial charge in [-0.05, 0) is 54.4 Å². The number of nitrogens with zero attached hydrogens (tertiary/aromatic N) is 3. The minimum Gasteiger partial charge on any atom is -0.351 e. The molecule has 3 aromatic rings. The van der Waals surface area contributed by atoms with Crippen molar-refractivity contribution in [3.63, 3.8) is 0 Å². The minimum absolute atomic E-state index is 0.0141. The molecule has 0 aliphatic carbocycles. The molecule has 0 bridgehead atoms. The van der Waals surface area contributed by atoms with Crippen LogP contribution >= 0.6 is 0 Å². The number of benzene rings is 2. The zero-order valence-corrected chi connectivity index (χ0v) is 14.7. The van der Waals surface area contributed by atoms with Gasteiger partial charge in [0, 0.05) is 24.2 Å². The SMILES string of the molecule is O=C(NCCN1CCCC1)c1cccc2c(-c3ccnnc3)cccc12. The molecule has 0 radical (unpaired) electrons. The molecule has 5 nitrogen and oxygen atoms in total. The molecule has 1 aliphatic rings. The van der Waals surface area contributed by atoms with Crippen molar-refractivity contribution in [1.29, 1.82) is 0 Å². The van der Waals surface area contributed by atoms with Gasteiger partial charge in [-0.25, -0.2) is 0 Å². The van der Waals surface area contributed by atoms with Crippen LogP contribution in [0.5, 0.6) is 0 Å². The van der Waals surface area contributed by atoms with Crippen molar-refractivity contribution < 1.29 is 4.79 Å². The van der Waals surface area contributed by atoms with Gasteiger partial charge in [0.15, 0.2) is 0 Å².